The average Bonchev–Trinajstić information content (AvgIpc) is 0.930. The van der Waals surface area contributed by atoms with Crippen molar-refractivity contribution in [2.75, 3.05) is 39.6 Å². The van der Waals surface area contributed by atoms with Gasteiger partial charge in [0.05, 0.1) is 26.4 Å². The summed E-state index contributed by atoms with van der Waals surface area (Å²) in [6.07, 6.45) is 69.0. The van der Waals surface area contributed by atoms with E-state index in [0.29, 0.717) is 31.6 Å². The second kappa shape index (κ2) is 75.6. The molecule has 0 aromatic carbocycles. The first kappa shape index (κ1) is 103. The van der Waals surface area contributed by atoms with E-state index in [9.17, 15) is 43.2 Å². The first-order chi connectivity index (χ1) is 50.7. The normalized spacial score (nSPS) is 14.0. The second-order valence-electron chi connectivity index (χ2n) is 31.7. The van der Waals surface area contributed by atoms with E-state index in [1.54, 1.807) is 0 Å². The first-order valence-electron chi connectivity index (χ1n) is 43.7. The van der Waals surface area contributed by atoms with Crippen LogP contribution in [0, 0.1) is 17.8 Å². The van der Waals surface area contributed by atoms with Crippen molar-refractivity contribution in [1.29, 1.82) is 0 Å². The van der Waals surface area contributed by atoms with Gasteiger partial charge in [-0.1, -0.05) is 375 Å². The summed E-state index contributed by atoms with van der Waals surface area (Å²) in [4.78, 5) is 73.2. The van der Waals surface area contributed by atoms with Gasteiger partial charge in [0.2, 0.25) is 0 Å². The molecule has 17 nitrogen and oxygen atoms in total. The van der Waals surface area contributed by atoms with Gasteiger partial charge in [-0.05, 0) is 69.1 Å². The van der Waals surface area contributed by atoms with Crippen molar-refractivity contribution in [2.45, 2.75) is 446 Å². The minimum Gasteiger partial charge on any atom is -0.462 e. The summed E-state index contributed by atoms with van der Waals surface area (Å²) in [7, 11) is -9.94. The summed E-state index contributed by atoms with van der Waals surface area (Å²) in [6, 6.07) is 0. The van der Waals surface area contributed by atoms with Gasteiger partial charge in [-0.3, -0.25) is 37.3 Å². The molecule has 0 heterocycles. The zero-order valence-corrected chi connectivity index (χ0v) is 70.5. The highest BCUT2D eigenvalue weighted by atomic mass is 31.2. The summed E-state index contributed by atoms with van der Waals surface area (Å²) in [5.74, 6) is 0.197. The molecule has 0 fully saturated rings. The summed E-state index contributed by atoms with van der Waals surface area (Å²) >= 11 is 0. The smallest absolute Gasteiger partial charge is 0.462 e. The highest BCUT2D eigenvalue weighted by molar-refractivity contribution is 7.47. The minimum absolute atomic E-state index is 0.0853. The molecule has 0 saturated heterocycles. The fraction of sp³-hybridized carbons (Fsp3) is 0.907. The van der Waals surface area contributed by atoms with Gasteiger partial charge >= 0.3 is 39.5 Å². The molecule has 0 radical (unpaired) electrons. The van der Waals surface area contributed by atoms with Gasteiger partial charge in [0.15, 0.2) is 12.2 Å². The van der Waals surface area contributed by atoms with E-state index in [-0.39, 0.29) is 25.7 Å². The standard InChI is InChI=1S/C86H164O17P2/c1-8-9-10-11-12-13-14-15-22-30-35-40-47-55-62-69-85(90)102-81(73-96-83(88)67-60-53-46-39-34-29-25-21-20-24-28-33-38-44-51-58-65-78(4)5)75-100-104(92,93)98-71-80(87)72-99-105(94,95)101-76-82(74-97-84(89)68-61-54-49-42-45-52-59-66-79(6)7)103-86(91)70-63-56-48-41-36-31-26-19-17-16-18-23-27-32-37-43-50-57-64-77(2)3/h13-15,22,77-82,87H,8-12,16-21,23-76H2,1-7H3,(H,92,93)(H,94,95)/b14-13-,22-15-/t80?,81-,82-/m1/s1. The Labute approximate surface area is 643 Å². The molecule has 620 valence electrons. The number of phosphoric ester groups is 2. The number of hydrogen-bond donors (Lipinski definition) is 3. The van der Waals surface area contributed by atoms with E-state index in [1.165, 1.54) is 218 Å². The summed E-state index contributed by atoms with van der Waals surface area (Å²) < 4.78 is 68.8. The molecule has 0 aliphatic carbocycles. The van der Waals surface area contributed by atoms with E-state index in [1.807, 2.05) is 0 Å². The molecule has 0 amide bonds. The van der Waals surface area contributed by atoms with Crippen LogP contribution >= 0.6 is 15.6 Å². The van der Waals surface area contributed by atoms with Crippen molar-refractivity contribution in [1.82, 2.24) is 0 Å². The maximum absolute atomic E-state index is 13.1. The fourth-order valence-corrected chi connectivity index (χ4v) is 14.4. The molecule has 105 heavy (non-hydrogen) atoms. The summed E-state index contributed by atoms with van der Waals surface area (Å²) in [5.41, 5.74) is 0. The van der Waals surface area contributed by atoms with Crippen LogP contribution in [0.3, 0.4) is 0 Å². The maximum Gasteiger partial charge on any atom is 0.472 e. The number of carbonyl (C=O) groups excluding carboxylic acids is 4. The van der Waals surface area contributed by atoms with Crippen LogP contribution in [0.5, 0.6) is 0 Å². The van der Waals surface area contributed by atoms with Crippen LogP contribution in [-0.4, -0.2) is 96.7 Å². The average molecular weight is 1530 g/mol. The summed E-state index contributed by atoms with van der Waals surface area (Å²) in [6.45, 7) is 11.9. The lowest BCUT2D eigenvalue weighted by molar-refractivity contribution is -0.161. The predicted octanol–water partition coefficient (Wildman–Crippen LogP) is 25.6. The molecule has 0 spiro atoms. The van der Waals surface area contributed by atoms with Crippen LogP contribution in [0.1, 0.15) is 427 Å². The SMILES string of the molecule is CCCCCC/C=C\C=C/CCCCCCCC(=O)O[C@H](COC(=O)CCCCCCCCCCCCCCCCCCC(C)C)COP(=O)(O)OCC(O)COP(=O)(O)OC[C@@H](COC(=O)CCCCCCCCCC(C)C)OC(=O)CCCCCCCCCCCCCCCCCCCCC(C)C. The quantitative estimate of drug-likeness (QED) is 0.0169. The lowest BCUT2D eigenvalue weighted by atomic mass is 10.0. The van der Waals surface area contributed by atoms with Gasteiger partial charge in [-0.2, -0.15) is 0 Å². The zero-order valence-electron chi connectivity index (χ0n) is 68.7. The molecule has 0 rings (SSSR count). The highest BCUT2D eigenvalue weighted by Crippen LogP contribution is 2.45. The van der Waals surface area contributed by atoms with E-state index >= 15 is 0 Å². The van der Waals surface area contributed by atoms with Crippen molar-refractivity contribution in [3.05, 3.63) is 24.3 Å². The highest BCUT2D eigenvalue weighted by Gasteiger charge is 2.30. The zero-order chi connectivity index (χ0) is 77.2. The topological polar surface area (TPSA) is 237 Å². The van der Waals surface area contributed by atoms with E-state index in [0.717, 1.165) is 121 Å². The maximum atomic E-state index is 13.1. The molecule has 5 atom stereocenters. The van der Waals surface area contributed by atoms with Crippen LogP contribution in [0.15, 0.2) is 24.3 Å². The molecule has 0 aliphatic heterocycles. The van der Waals surface area contributed by atoms with Crippen molar-refractivity contribution < 1.29 is 80.2 Å². The van der Waals surface area contributed by atoms with Crippen molar-refractivity contribution in [3.63, 3.8) is 0 Å². The Balaban J connectivity index is 5.23. The molecule has 0 bridgehead atoms. The Morgan fingerprint density at radius 1 is 0.295 bits per heavy atom. The van der Waals surface area contributed by atoms with E-state index < -0.39 is 97.5 Å². The minimum atomic E-state index is -4.97. The van der Waals surface area contributed by atoms with Gasteiger partial charge in [0, 0.05) is 25.7 Å². The van der Waals surface area contributed by atoms with Gasteiger partial charge in [-0.15, -0.1) is 0 Å². The monoisotopic (exact) mass is 1530 g/mol. The Morgan fingerprint density at radius 3 is 0.771 bits per heavy atom. The molecule has 19 heteroatoms. The first-order valence-corrected chi connectivity index (χ1v) is 46.7. The van der Waals surface area contributed by atoms with Crippen LogP contribution in [0.25, 0.3) is 0 Å². The Morgan fingerprint density at radius 2 is 0.514 bits per heavy atom. The number of unbranched alkanes of at least 4 members (excludes halogenated alkanes) is 47. The van der Waals surface area contributed by atoms with Crippen LogP contribution < -0.4 is 0 Å². The van der Waals surface area contributed by atoms with Gasteiger partial charge < -0.3 is 33.8 Å². The Bertz CT molecular complexity index is 2120. The summed E-state index contributed by atoms with van der Waals surface area (Å²) in [5, 5.41) is 10.7. The molecule has 0 aromatic rings. The van der Waals surface area contributed by atoms with E-state index in [4.69, 9.17) is 37.0 Å². The second-order valence-corrected chi connectivity index (χ2v) is 34.6. The largest absolute Gasteiger partial charge is 0.472 e. The Kier molecular flexibility index (Phi) is 73.8. The molecule has 0 aliphatic rings. The Hall–Kier alpha value is -2.46. The molecule has 0 aromatic heterocycles. The predicted molar refractivity (Wildman–Crippen MR) is 432 cm³/mol. The van der Waals surface area contributed by atoms with Gasteiger partial charge in [0.25, 0.3) is 0 Å². The molecule has 3 N–H and O–H groups in total. The molecule has 0 saturated carbocycles. The van der Waals surface area contributed by atoms with Gasteiger partial charge in [-0.25, -0.2) is 9.13 Å². The number of esters is 4. The van der Waals surface area contributed by atoms with Gasteiger partial charge in [0.1, 0.15) is 19.3 Å². The van der Waals surface area contributed by atoms with Crippen LogP contribution in [0.2, 0.25) is 0 Å². The third-order valence-corrected chi connectivity index (χ3v) is 21.4. The number of ether oxygens (including phenoxy) is 4. The number of carbonyl (C=O) groups is 4. The number of allylic oxidation sites excluding steroid dienone is 4. The number of aliphatic hydroxyl groups excluding tert-OH is 1. The molecule has 3 unspecified atom stereocenters. The fourth-order valence-electron chi connectivity index (χ4n) is 12.8. The van der Waals surface area contributed by atoms with Crippen molar-refractivity contribution in [2.24, 2.45) is 17.8 Å². The van der Waals surface area contributed by atoms with Crippen molar-refractivity contribution in [3.8, 4) is 0 Å². The number of rotatable bonds is 82. The molecular weight excluding hydrogens is 1370 g/mol. The van der Waals surface area contributed by atoms with E-state index in [2.05, 4.69) is 72.8 Å². The number of phosphoric acid groups is 2. The van der Waals surface area contributed by atoms with Crippen molar-refractivity contribution >= 4 is 39.5 Å². The van der Waals surface area contributed by atoms with Crippen LogP contribution in [-0.2, 0) is 65.4 Å². The number of hydrogen-bond acceptors (Lipinski definition) is 15. The lowest BCUT2D eigenvalue weighted by Gasteiger charge is -2.21. The van der Waals surface area contributed by atoms with Crippen LogP contribution in [0.4, 0.5) is 0 Å². The third-order valence-electron chi connectivity index (χ3n) is 19.5. The molecular formula is C86H164O17P2. The lowest BCUT2D eigenvalue weighted by Crippen LogP contribution is -2.30. The third kappa shape index (κ3) is 79.4. The number of aliphatic hydroxyl groups is 1.